The molecular formula is C22H29N3O5. The van der Waals surface area contributed by atoms with E-state index in [-0.39, 0.29) is 42.7 Å². The van der Waals surface area contributed by atoms with Gasteiger partial charge in [0.2, 0.25) is 11.6 Å². The molecule has 0 bridgehead atoms. The van der Waals surface area contributed by atoms with Crippen molar-refractivity contribution in [2.45, 2.75) is 65.2 Å². The number of benzene rings is 1. The molecule has 0 spiro atoms. The molecule has 2 atom stereocenters. The molecule has 0 aromatic heterocycles. The normalized spacial score (nSPS) is 21.6. The average Bonchev–Trinajstić information content (AvgIpc) is 3.04. The van der Waals surface area contributed by atoms with Gasteiger partial charge in [-0.1, -0.05) is 26.0 Å². The molecule has 0 saturated carbocycles. The van der Waals surface area contributed by atoms with Gasteiger partial charge in [0.1, 0.15) is 0 Å². The van der Waals surface area contributed by atoms with Gasteiger partial charge in [-0.2, -0.15) is 0 Å². The van der Waals surface area contributed by atoms with Crippen molar-refractivity contribution in [1.29, 1.82) is 0 Å². The lowest BCUT2D eigenvalue weighted by Crippen LogP contribution is -2.70. The van der Waals surface area contributed by atoms with Crippen LogP contribution in [0, 0.1) is 5.92 Å². The average molecular weight is 415 g/mol. The maximum absolute atomic E-state index is 13.4. The summed E-state index contributed by atoms with van der Waals surface area (Å²) in [5.74, 6) is -1.54. The van der Waals surface area contributed by atoms with Gasteiger partial charge in [0.15, 0.2) is 6.61 Å². The number of hydrogen-bond donors (Lipinski definition) is 1. The number of carbonyl (C=O) groups excluding carboxylic acids is 4. The Labute approximate surface area is 176 Å². The number of ether oxygens (including phenoxy) is 1. The third kappa shape index (κ3) is 3.44. The predicted octanol–water partition coefficient (Wildman–Crippen LogP) is 2.08. The van der Waals surface area contributed by atoms with E-state index in [0.717, 1.165) is 0 Å². The molecule has 1 aromatic carbocycles. The first-order valence-corrected chi connectivity index (χ1v) is 10.3. The Kier molecular flexibility index (Phi) is 5.87. The molecular weight excluding hydrogens is 386 g/mol. The molecule has 8 heteroatoms. The van der Waals surface area contributed by atoms with Gasteiger partial charge in [0.05, 0.1) is 11.3 Å². The fourth-order valence-corrected chi connectivity index (χ4v) is 4.08. The van der Waals surface area contributed by atoms with Crippen LogP contribution in [0.2, 0.25) is 0 Å². The Morgan fingerprint density at radius 2 is 1.80 bits per heavy atom. The molecule has 3 amide bonds. The number of nitrogens with zero attached hydrogens (tertiary/aromatic N) is 2. The summed E-state index contributed by atoms with van der Waals surface area (Å²) in [5.41, 5.74) is -0.814. The first-order chi connectivity index (χ1) is 14.1. The van der Waals surface area contributed by atoms with E-state index in [9.17, 15) is 19.2 Å². The van der Waals surface area contributed by atoms with Crippen molar-refractivity contribution in [3.05, 3.63) is 29.8 Å². The van der Waals surface area contributed by atoms with Gasteiger partial charge in [-0.25, -0.2) is 4.79 Å². The van der Waals surface area contributed by atoms with Crippen LogP contribution in [0.15, 0.2) is 24.3 Å². The second-order valence-electron chi connectivity index (χ2n) is 8.51. The molecule has 2 aliphatic heterocycles. The second kappa shape index (κ2) is 8.08. The molecule has 2 heterocycles. The van der Waals surface area contributed by atoms with E-state index >= 15 is 0 Å². The van der Waals surface area contributed by atoms with Gasteiger partial charge in [-0.15, -0.1) is 0 Å². The number of rotatable bonds is 6. The van der Waals surface area contributed by atoms with Crippen molar-refractivity contribution in [3.8, 4) is 0 Å². The number of anilines is 1. The molecule has 2 aliphatic rings. The largest absolute Gasteiger partial charge is 0.452 e. The van der Waals surface area contributed by atoms with Gasteiger partial charge in [-0.05, 0) is 38.8 Å². The second-order valence-corrected chi connectivity index (χ2v) is 8.51. The number of carbonyl (C=O) groups is 4. The van der Waals surface area contributed by atoms with Crippen LogP contribution in [0.25, 0.3) is 0 Å². The molecule has 1 fully saturated rings. The highest BCUT2D eigenvalue weighted by molar-refractivity contribution is 6.15. The minimum absolute atomic E-state index is 0.0748. The van der Waals surface area contributed by atoms with Crippen molar-refractivity contribution >= 4 is 29.4 Å². The van der Waals surface area contributed by atoms with Crippen LogP contribution in [0.5, 0.6) is 0 Å². The van der Waals surface area contributed by atoms with Crippen molar-refractivity contribution in [3.63, 3.8) is 0 Å². The van der Waals surface area contributed by atoms with Crippen LogP contribution in [0.4, 0.5) is 5.69 Å². The van der Waals surface area contributed by atoms with Crippen molar-refractivity contribution < 1.29 is 23.9 Å². The summed E-state index contributed by atoms with van der Waals surface area (Å²) >= 11 is 0. The van der Waals surface area contributed by atoms with Crippen molar-refractivity contribution in [2.24, 2.45) is 5.92 Å². The van der Waals surface area contributed by atoms with Gasteiger partial charge in [0, 0.05) is 24.9 Å². The van der Waals surface area contributed by atoms with Crippen LogP contribution in [0.3, 0.4) is 0 Å². The lowest BCUT2D eigenvalue weighted by molar-refractivity contribution is -0.161. The Hall–Kier alpha value is -2.90. The number of fused-ring (bicyclic) bond motifs is 3. The zero-order valence-electron chi connectivity index (χ0n) is 18.1. The standard InChI is InChI=1S/C22H29N3O5/c1-13(2)15(5)23-18(26)12-30-21(29)22-11-10-19(27)25(22)17-9-7-6-8-16(17)20(28)24(22)14(3)4/h6-9,13-15H,10-12H2,1-5H3,(H,23,26)/t15-,22+/m0/s1. The van der Waals surface area contributed by atoms with E-state index in [1.165, 1.54) is 9.80 Å². The quantitative estimate of drug-likeness (QED) is 0.718. The minimum atomic E-state index is -1.58. The summed E-state index contributed by atoms with van der Waals surface area (Å²) < 4.78 is 5.38. The highest BCUT2D eigenvalue weighted by Gasteiger charge is 2.62. The van der Waals surface area contributed by atoms with E-state index in [0.29, 0.717) is 11.3 Å². The zero-order valence-corrected chi connectivity index (χ0v) is 18.1. The molecule has 0 aliphatic carbocycles. The van der Waals surface area contributed by atoms with Crippen molar-refractivity contribution in [1.82, 2.24) is 10.2 Å². The van der Waals surface area contributed by atoms with E-state index in [2.05, 4.69) is 5.32 Å². The molecule has 1 saturated heterocycles. The van der Waals surface area contributed by atoms with Crippen LogP contribution >= 0.6 is 0 Å². The Morgan fingerprint density at radius 3 is 2.43 bits per heavy atom. The summed E-state index contributed by atoms with van der Waals surface area (Å²) in [6.07, 6.45) is 0.226. The third-order valence-electron chi connectivity index (χ3n) is 5.87. The van der Waals surface area contributed by atoms with E-state index in [1.54, 1.807) is 38.1 Å². The summed E-state index contributed by atoms with van der Waals surface area (Å²) in [6.45, 7) is 8.93. The van der Waals surface area contributed by atoms with Gasteiger partial charge < -0.3 is 15.0 Å². The summed E-state index contributed by atoms with van der Waals surface area (Å²) in [7, 11) is 0. The van der Waals surface area contributed by atoms with Gasteiger partial charge in [-0.3, -0.25) is 19.3 Å². The number of para-hydroxylation sites is 1. The maximum atomic E-state index is 13.4. The monoisotopic (exact) mass is 415 g/mol. The highest BCUT2D eigenvalue weighted by Crippen LogP contribution is 2.45. The first-order valence-electron chi connectivity index (χ1n) is 10.3. The van der Waals surface area contributed by atoms with Crippen LogP contribution in [0.1, 0.15) is 57.8 Å². The number of hydrogen-bond acceptors (Lipinski definition) is 5. The maximum Gasteiger partial charge on any atom is 0.354 e. The molecule has 1 aromatic rings. The van der Waals surface area contributed by atoms with Crippen LogP contribution in [-0.4, -0.2) is 52.9 Å². The lowest BCUT2D eigenvalue weighted by Gasteiger charge is -2.50. The van der Waals surface area contributed by atoms with E-state index < -0.39 is 24.1 Å². The Balaban J connectivity index is 1.94. The molecule has 30 heavy (non-hydrogen) atoms. The number of esters is 1. The predicted molar refractivity (Wildman–Crippen MR) is 111 cm³/mol. The molecule has 8 nitrogen and oxygen atoms in total. The molecule has 1 N–H and O–H groups in total. The molecule has 0 radical (unpaired) electrons. The van der Waals surface area contributed by atoms with Gasteiger partial charge >= 0.3 is 5.97 Å². The summed E-state index contributed by atoms with van der Waals surface area (Å²) in [6, 6.07) is 6.32. The topological polar surface area (TPSA) is 96.0 Å². The fraction of sp³-hybridized carbons (Fsp3) is 0.545. The molecule has 0 unspecified atom stereocenters. The van der Waals surface area contributed by atoms with Crippen LogP contribution < -0.4 is 10.2 Å². The molecule has 162 valence electrons. The van der Waals surface area contributed by atoms with Crippen molar-refractivity contribution in [2.75, 3.05) is 11.5 Å². The smallest absolute Gasteiger partial charge is 0.354 e. The number of nitrogens with one attached hydrogen (secondary N) is 1. The van der Waals surface area contributed by atoms with E-state index in [4.69, 9.17) is 4.74 Å². The third-order valence-corrected chi connectivity index (χ3v) is 5.87. The zero-order chi connectivity index (χ0) is 22.2. The highest BCUT2D eigenvalue weighted by atomic mass is 16.5. The Bertz CT molecular complexity index is 881. The fourth-order valence-electron chi connectivity index (χ4n) is 4.08. The molecule has 3 rings (SSSR count). The Morgan fingerprint density at radius 1 is 1.13 bits per heavy atom. The van der Waals surface area contributed by atoms with Crippen LogP contribution in [-0.2, 0) is 19.1 Å². The van der Waals surface area contributed by atoms with Gasteiger partial charge in [0.25, 0.3) is 11.8 Å². The minimum Gasteiger partial charge on any atom is -0.452 e. The van der Waals surface area contributed by atoms with E-state index in [1.807, 2.05) is 20.8 Å². The lowest BCUT2D eigenvalue weighted by atomic mass is 9.95. The first kappa shape index (κ1) is 21.8. The summed E-state index contributed by atoms with van der Waals surface area (Å²) in [5, 5.41) is 2.78. The SMILES string of the molecule is CC(C)[C@H](C)NC(=O)COC(=O)[C@@]12CCC(=O)N1c1ccccc1C(=O)N2C(C)C. The number of amides is 3. The summed E-state index contributed by atoms with van der Waals surface area (Å²) in [4.78, 5) is 54.5.